The summed E-state index contributed by atoms with van der Waals surface area (Å²) in [7, 11) is 4.38. The average Bonchev–Trinajstić information content (AvgIpc) is 2.38. The van der Waals surface area contributed by atoms with Crippen LogP contribution < -0.4 is 5.32 Å². The molecule has 0 saturated carbocycles. The summed E-state index contributed by atoms with van der Waals surface area (Å²) in [6, 6.07) is 0. The molecule has 0 bridgehead atoms. The first-order chi connectivity index (χ1) is 8.99. The molecule has 1 rings (SSSR count). The fourth-order valence-corrected chi connectivity index (χ4v) is 3.10. The molecule has 1 aliphatic rings. The minimum atomic E-state index is 0.435. The SMILES string of the molecule is CCNCC(C)(CC)CN1CCC(CN(C)C)CC1. The number of hydrogen-bond donors (Lipinski definition) is 1. The lowest BCUT2D eigenvalue weighted by Gasteiger charge is -2.39. The summed E-state index contributed by atoms with van der Waals surface area (Å²) in [5, 5.41) is 3.53. The molecule has 1 fully saturated rings. The Hall–Kier alpha value is -0.120. The third kappa shape index (κ3) is 6.24. The molecular weight excluding hydrogens is 234 g/mol. The van der Waals surface area contributed by atoms with Crippen LogP contribution in [-0.4, -0.2) is 63.2 Å². The van der Waals surface area contributed by atoms with E-state index in [-0.39, 0.29) is 0 Å². The summed E-state index contributed by atoms with van der Waals surface area (Å²) in [6.07, 6.45) is 4.01. The van der Waals surface area contributed by atoms with Gasteiger partial charge in [-0.25, -0.2) is 0 Å². The molecule has 19 heavy (non-hydrogen) atoms. The Morgan fingerprint density at radius 3 is 2.32 bits per heavy atom. The van der Waals surface area contributed by atoms with Crippen molar-refractivity contribution in [2.75, 3.05) is 53.4 Å². The molecule has 0 aromatic carbocycles. The molecule has 1 aliphatic heterocycles. The number of hydrogen-bond acceptors (Lipinski definition) is 3. The molecule has 1 saturated heterocycles. The van der Waals surface area contributed by atoms with E-state index in [1.165, 1.54) is 45.4 Å². The van der Waals surface area contributed by atoms with Crippen molar-refractivity contribution in [2.45, 2.75) is 40.0 Å². The van der Waals surface area contributed by atoms with E-state index in [0.29, 0.717) is 5.41 Å². The molecule has 1 unspecified atom stereocenters. The van der Waals surface area contributed by atoms with Crippen LogP contribution in [0, 0.1) is 11.3 Å². The molecule has 0 spiro atoms. The van der Waals surface area contributed by atoms with Gasteiger partial charge in [0.15, 0.2) is 0 Å². The molecule has 114 valence electrons. The van der Waals surface area contributed by atoms with Crippen LogP contribution >= 0.6 is 0 Å². The summed E-state index contributed by atoms with van der Waals surface area (Å²) >= 11 is 0. The number of likely N-dealkylation sites (tertiary alicyclic amines) is 1. The van der Waals surface area contributed by atoms with Crippen LogP contribution in [0.2, 0.25) is 0 Å². The van der Waals surface area contributed by atoms with Gasteiger partial charge in [-0.2, -0.15) is 0 Å². The van der Waals surface area contributed by atoms with Gasteiger partial charge >= 0.3 is 0 Å². The monoisotopic (exact) mass is 269 g/mol. The van der Waals surface area contributed by atoms with Crippen LogP contribution in [0.4, 0.5) is 0 Å². The first-order valence-corrected chi connectivity index (χ1v) is 8.07. The highest BCUT2D eigenvalue weighted by Crippen LogP contribution is 2.25. The van der Waals surface area contributed by atoms with Gasteiger partial charge in [0, 0.05) is 19.6 Å². The van der Waals surface area contributed by atoms with Crippen molar-refractivity contribution in [2.24, 2.45) is 11.3 Å². The van der Waals surface area contributed by atoms with Gasteiger partial charge in [-0.1, -0.05) is 20.8 Å². The first kappa shape index (κ1) is 16.9. The molecule has 0 radical (unpaired) electrons. The normalized spacial score (nSPS) is 21.8. The predicted molar refractivity (Wildman–Crippen MR) is 84.7 cm³/mol. The largest absolute Gasteiger partial charge is 0.316 e. The van der Waals surface area contributed by atoms with Crippen molar-refractivity contribution in [1.29, 1.82) is 0 Å². The zero-order valence-electron chi connectivity index (χ0n) is 13.8. The highest BCUT2D eigenvalue weighted by Gasteiger charge is 2.27. The van der Waals surface area contributed by atoms with E-state index in [1.807, 2.05) is 0 Å². The standard InChI is InChI=1S/C16H35N3/c1-6-16(3,13-17-7-2)14-19-10-8-15(9-11-19)12-18(4)5/h15,17H,6-14H2,1-5H3. The Labute approximate surface area is 120 Å². The first-order valence-electron chi connectivity index (χ1n) is 8.07. The molecule has 3 nitrogen and oxygen atoms in total. The Balaban J connectivity index is 2.34. The highest BCUT2D eigenvalue weighted by atomic mass is 15.1. The molecule has 0 aromatic rings. The summed E-state index contributed by atoms with van der Waals surface area (Å²) < 4.78 is 0. The topological polar surface area (TPSA) is 18.5 Å². The number of rotatable bonds is 8. The van der Waals surface area contributed by atoms with Crippen molar-refractivity contribution in [1.82, 2.24) is 15.1 Å². The van der Waals surface area contributed by atoms with Gasteiger partial charge in [0.2, 0.25) is 0 Å². The Morgan fingerprint density at radius 2 is 1.84 bits per heavy atom. The van der Waals surface area contributed by atoms with Crippen LogP contribution in [0.1, 0.15) is 40.0 Å². The molecule has 0 amide bonds. The average molecular weight is 269 g/mol. The molecule has 0 aromatic heterocycles. The van der Waals surface area contributed by atoms with Gasteiger partial charge in [0.25, 0.3) is 0 Å². The number of nitrogens with zero attached hydrogens (tertiary/aromatic N) is 2. The van der Waals surface area contributed by atoms with Gasteiger partial charge in [-0.3, -0.25) is 0 Å². The van der Waals surface area contributed by atoms with Gasteiger partial charge in [-0.05, 0) is 64.3 Å². The Morgan fingerprint density at radius 1 is 1.21 bits per heavy atom. The van der Waals surface area contributed by atoms with E-state index in [4.69, 9.17) is 0 Å². The molecular formula is C16H35N3. The quantitative estimate of drug-likeness (QED) is 0.729. The van der Waals surface area contributed by atoms with Crippen molar-refractivity contribution < 1.29 is 0 Å². The second-order valence-corrected chi connectivity index (χ2v) is 6.93. The molecule has 1 N–H and O–H groups in total. The van der Waals surface area contributed by atoms with E-state index in [9.17, 15) is 0 Å². The summed E-state index contributed by atoms with van der Waals surface area (Å²) in [5.74, 6) is 0.910. The predicted octanol–water partition coefficient (Wildman–Crippen LogP) is 2.29. The van der Waals surface area contributed by atoms with E-state index in [2.05, 4.69) is 50.0 Å². The minimum Gasteiger partial charge on any atom is -0.316 e. The maximum Gasteiger partial charge on any atom is 0.00474 e. The Bertz CT molecular complexity index is 234. The van der Waals surface area contributed by atoms with Gasteiger partial charge < -0.3 is 15.1 Å². The minimum absolute atomic E-state index is 0.435. The van der Waals surface area contributed by atoms with Crippen molar-refractivity contribution in [3.05, 3.63) is 0 Å². The molecule has 1 heterocycles. The molecule has 3 heteroatoms. The molecule has 0 aliphatic carbocycles. The maximum atomic E-state index is 3.53. The van der Waals surface area contributed by atoms with Crippen LogP contribution in [0.5, 0.6) is 0 Å². The van der Waals surface area contributed by atoms with E-state index in [0.717, 1.165) is 19.0 Å². The zero-order chi connectivity index (χ0) is 14.3. The van der Waals surface area contributed by atoms with E-state index >= 15 is 0 Å². The third-order valence-corrected chi connectivity index (χ3v) is 4.59. The van der Waals surface area contributed by atoms with Crippen LogP contribution in [0.3, 0.4) is 0 Å². The maximum absolute atomic E-state index is 3.53. The van der Waals surface area contributed by atoms with Crippen molar-refractivity contribution >= 4 is 0 Å². The summed E-state index contributed by atoms with van der Waals surface area (Å²) in [6.45, 7) is 14.3. The second-order valence-electron chi connectivity index (χ2n) is 6.93. The van der Waals surface area contributed by atoms with Gasteiger partial charge in [-0.15, -0.1) is 0 Å². The van der Waals surface area contributed by atoms with E-state index in [1.54, 1.807) is 0 Å². The number of nitrogens with one attached hydrogen (secondary N) is 1. The Kier molecular flexibility index (Phi) is 7.33. The third-order valence-electron chi connectivity index (χ3n) is 4.59. The fourth-order valence-electron chi connectivity index (χ4n) is 3.10. The lowest BCUT2D eigenvalue weighted by atomic mass is 9.85. The highest BCUT2D eigenvalue weighted by molar-refractivity contribution is 4.82. The zero-order valence-corrected chi connectivity index (χ0v) is 13.8. The fraction of sp³-hybridized carbons (Fsp3) is 1.00. The van der Waals surface area contributed by atoms with Gasteiger partial charge in [0.1, 0.15) is 0 Å². The van der Waals surface area contributed by atoms with Crippen molar-refractivity contribution in [3.63, 3.8) is 0 Å². The van der Waals surface area contributed by atoms with Crippen LogP contribution in [0.25, 0.3) is 0 Å². The lowest BCUT2D eigenvalue weighted by molar-refractivity contribution is 0.106. The van der Waals surface area contributed by atoms with Gasteiger partial charge in [0.05, 0.1) is 0 Å². The smallest absolute Gasteiger partial charge is 0.00474 e. The summed E-state index contributed by atoms with van der Waals surface area (Å²) in [5.41, 5.74) is 0.435. The molecule has 1 atom stereocenters. The van der Waals surface area contributed by atoms with Crippen LogP contribution in [0.15, 0.2) is 0 Å². The second kappa shape index (κ2) is 8.23. The summed E-state index contributed by atoms with van der Waals surface area (Å²) in [4.78, 5) is 5.02. The lowest BCUT2D eigenvalue weighted by Crippen LogP contribution is -2.45. The number of piperidine rings is 1. The van der Waals surface area contributed by atoms with Crippen LogP contribution in [-0.2, 0) is 0 Å². The van der Waals surface area contributed by atoms with E-state index < -0.39 is 0 Å². The van der Waals surface area contributed by atoms with Crippen molar-refractivity contribution in [3.8, 4) is 0 Å².